The highest BCUT2D eigenvalue weighted by molar-refractivity contribution is 5.99. The van der Waals surface area contributed by atoms with Gasteiger partial charge >= 0.3 is 0 Å². The monoisotopic (exact) mass is 266 g/mol. The van der Waals surface area contributed by atoms with Gasteiger partial charge in [0.2, 0.25) is 0 Å². The smallest absolute Gasteiger partial charge is 0.156 e. The average Bonchev–Trinajstić information content (AvgIpc) is 2.54. The van der Waals surface area contributed by atoms with Crippen LogP contribution < -0.4 is 10.1 Å². The van der Waals surface area contributed by atoms with E-state index < -0.39 is 0 Å². The van der Waals surface area contributed by atoms with Crippen molar-refractivity contribution >= 4 is 16.6 Å². The summed E-state index contributed by atoms with van der Waals surface area (Å²) in [5.74, 6) is 1.46. The first-order valence-electron chi connectivity index (χ1n) is 6.26. The van der Waals surface area contributed by atoms with E-state index in [0.717, 1.165) is 27.8 Å². The van der Waals surface area contributed by atoms with Crippen LogP contribution in [0.3, 0.4) is 0 Å². The molecule has 0 aliphatic rings. The second-order valence-corrected chi connectivity index (χ2v) is 4.31. The van der Waals surface area contributed by atoms with Gasteiger partial charge in [0.05, 0.1) is 13.3 Å². The van der Waals surface area contributed by atoms with Crippen LogP contribution in [0.5, 0.6) is 5.75 Å². The quantitative estimate of drug-likeness (QED) is 0.789. The Labute approximate surface area is 116 Å². The molecular weight excluding hydrogens is 252 g/mol. The summed E-state index contributed by atoms with van der Waals surface area (Å²) < 4.78 is 5.21. The first-order valence-corrected chi connectivity index (χ1v) is 6.26. The Hall–Kier alpha value is -2.69. The van der Waals surface area contributed by atoms with E-state index in [1.165, 1.54) is 0 Å². The molecule has 5 heteroatoms. The van der Waals surface area contributed by atoms with Crippen molar-refractivity contribution in [3.05, 3.63) is 42.7 Å². The fourth-order valence-corrected chi connectivity index (χ4v) is 2.16. The minimum atomic E-state index is 0.700. The minimum absolute atomic E-state index is 0.700. The van der Waals surface area contributed by atoms with Crippen molar-refractivity contribution in [2.45, 2.75) is 0 Å². The third kappa shape index (κ3) is 2.03. The highest BCUT2D eigenvalue weighted by Gasteiger charge is 2.10. The SMILES string of the molecule is CNc1nnc(-c2cncc(OC)c2)c2ccccc12. The summed E-state index contributed by atoms with van der Waals surface area (Å²) in [6.45, 7) is 0. The maximum Gasteiger partial charge on any atom is 0.156 e. The molecule has 0 saturated heterocycles. The third-order valence-electron chi connectivity index (χ3n) is 3.15. The fourth-order valence-electron chi connectivity index (χ4n) is 2.16. The zero-order chi connectivity index (χ0) is 13.9. The number of hydrogen-bond donors (Lipinski definition) is 1. The molecule has 3 rings (SSSR count). The average molecular weight is 266 g/mol. The summed E-state index contributed by atoms with van der Waals surface area (Å²) in [5.41, 5.74) is 1.68. The van der Waals surface area contributed by atoms with Gasteiger partial charge in [-0.25, -0.2) is 0 Å². The molecule has 2 heterocycles. The molecule has 0 radical (unpaired) electrons. The summed E-state index contributed by atoms with van der Waals surface area (Å²) in [7, 11) is 3.46. The number of aromatic nitrogens is 3. The zero-order valence-corrected chi connectivity index (χ0v) is 11.3. The van der Waals surface area contributed by atoms with Crippen molar-refractivity contribution in [1.29, 1.82) is 0 Å². The van der Waals surface area contributed by atoms with Gasteiger partial charge < -0.3 is 10.1 Å². The lowest BCUT2D eigenvalue weighted by atomic mass is 10.1. The second kappa shape index (κ2) is 5.13. The predicted octanol–water partition coefficient (Wildman–Crippen LogP) is 2.74. The summed E-state index contributed by atoms with van der Waals surface area (Å²) in [4.78, 5) is 4.17. The largest absolute Gasteiger partial charge is 0.495 e. The summed E-state index contributed by atoms with van der Waals surface area (Å²) in [5, 5.41) is 13.7. The van der Waals surface area contributed by atoms with Crippen molar-refractivity contribution in [2.75, 3.05) is 19.5 Å². The number of methoxy groups -OCH3 is 1. The Morgan fingerprint density at radius 2 is 1.85 bits per heavy atom. The molecule has 1 N–H and O–H groups in total. The van der Waals surface area contributed by atoms with E-state index in [0.29, 0.717) is 5.75 Å². The molecular formula is C15H14N4O. The topological polar surface area (TPSA) is 59.9 Å². The molecule has 0 amide bonds. The first kappa shape index (κ1) is 12.3. The molecule has 0 saturated carbocycles. The standard InChI is InChI=1S/C15H14N4O/c1-16-15-13-6-4-3-5-12(13)14(18-19-15)10-7-11(20-2)9-17-8-10/h3-9H,1-2H3,(H,16,19). The van der Waals surface area contributed by atoms with Crippen molar-refractivity contribution in [3.63, 3.8) is 0 Å². The van der Waals surface area contributed by atoms with E-state index in [-0.39, 0.29) is 0 Å². The van der Waals surface area contributed by atoms with E-state index >= 15 is 0 Å². The van der Waals surface area contributed by atoms with Gasteiger partial charge in [0.1, 0.15) is 11.4 Å². The normalized spacial score (nSPS) is 10.5. The number of fused-ring (bicyclic) bond motifs is 1. The van der Waals surface area contributed by atoms with Crippen molar-refractivity contribution in [2.24, 2.45) is 0 Å². The number of pyridine rings is 1. The molecule has 20 heavy (non-hydrogen) atoms. The Kier molecular flexibility index (Phi) is 3.16. The van der Waals surface area contributed by atoms with Crippen LogP contribution in [0, 0.1) is 0 Å². The highest BCUT2D eigenvalue weighted by atomic mass is 16.5. The molecule has 0 unspecified atom stereocenters. The molecule has 0 aliphatic heterocycles. The van der Waals surface area contributed by atoms with Crippen LogP contribution in [-0.4, -0.2) is 29.3 Å². The molecule has 0 spiro atoms. The van der Waals surface area contributed by atoms with Crippen molar-refractivity contribution < 1.29 is 4.74 Å². The molecule has 100 valence electrons. The number of nitrogens with one attached hydrogen (secondary N) is 1. The van der Waals surface area contributed by atoms with Crippen LogP contribution >= 0.6 is 0 Å². The van der Waals surface area contributed by atoms with E-state index in [2.05, 4.69) is 20.5 Å². The number of rotatable bonds is 3. The molecule has 1 aromatic carbocycles. The lowest BCUT2D eigenvalue weighted by molar-refractivity contribution is 0.413. The van der Waals surface area contributed by atoms with Gasteiger partial charge in [-0.2, -0.15) is 0 Å². The maximum absolute atomic E-state index is 5.21. The maximum atomic E-state index is 5.21. The number of hydrogen-bond acceptors (Lipinski definition) is 5. The Balaban J connectivity index is 2.26. The van der Waals surface area contributed by atoms with Gasteiger partial charge in [-0.1, -0.05) is 24.3 Å². The lowest BCUT2D eigenvalue weighted by Gasteiger charge is -2.09. The Morgan fingerprint density at radius 1 is 1.05 bits per heavy atom. The molecule has 0 aliphatic carbocycles. The van der Waals surface area contributed by atoms with Crippen molar-refractivity contribution in [3.8, 4) is 17.0 Å². The van der Waals surface area contributed by atoms with Crippen LogP contribution in [0.25, 0.3) is 22.0 Å². The minimum Gasteiger partial charge on any atom is -0.495 e. The van der Waals surface area contributed by atoms with Crippen LogP contribution in [0.4, 0.5) is 5.82 Å². The second-order valence-electron chi connectivity index (χ2n) is 4.31. The molecule has 5 nitrogen and oxygen atoms in total. The molecule has 2 aromatic heterocycles. The van der Waals surface area contributed by atoms with Gasteiger partial charge in [0.25, 0.3) is 0 Å². The number of anilines is 1. The van der Waals surface area contributed by atoms with Crippen molar-refractivity contribution in [1.82, 2.24) is 15.2 Å². The summed E-state index contributed by atoms with van der Waals surface area (Å²) >= 11 is 0. The van der Waals surface area contributed by atoms with Gasteiger partial charge in [0.15, 0.2) is 5.82 Å². The third-order valence-corrected chi connectivity index (χ3v) is 3.15. The van der Waals surface area contributed by atoms with Gasteiger partial charge in [-0.05, 0) is 6.07 Å². The first-order chi connectivity index (χ1) is 9.83. The van der Waals surface area contributed by atoms with Crippen LogP contribution in [0.2, 0.25) is 0 Å². The van der Waals surface area contributed by atoms with E-state index in [4.69, 9.17) is 4.74 Å². The Bertz CT molecular complexity index is 758. The van der Waals surface area contributed by atoms with Gasteiger partial charge in [-0.15, -0.1) is 10.2 Å². The van der Waals surface area contributed by atoms with Gasteiger partial charge in [0, 0.05) is 29.6 Å². The zero-order valence-electron chi connectivity index (χ0n) is 11.3. The van der Waals surface area contributed by atoms with Gasteiger partial charge in [-0.3, -0.25) is 4.98 Å². The van der Waals surface area contributed by atoms with E-state index in [1.807, 2.05) is 37.4 Å². The highest BCUT2D eigenvalue weighted by Crippen LogP contribution is 2.30. The number of benzene rings is 1. The molecule has 0 bridgehead atoms. The molecule has 3 aromatic rings. The molecule has 0 fully saturated rings. The molecule has 0 atom stereocenters. The number of nitrogens with zero attached hydrogens (tertiary/aromatic N) is 3. The lowest BCUT2D eigenvalue weighted by Crippen LogP contribution is -1.98. The summed E-state index contributed by atoms with van der Waals surface area (Å²) in [6, 6.07) is 9.92. The van der Waals surface area contributed by atoms with E-state index in [1.54, 1.807) is 19.5 Å². The fraction of sp³-hybridized carbons (Fsp3) is 0.133. The number of ether oxygens (including phenoxy) is 1. The summed E-state index contributed by atoms with van der Waals surface area (Å²) in [6.07, 6.45) is 3.43. The van der Waals surface area contributed by atoms with E-state index in [9.17, 15) is 0 Å². The Morgan fingerprint density at radius 3 is 2.60 bits per heavy atom. The van der Waals surface area contributed by atoms with Crippen LogP contribution in [0.15, 0.2) is 42.7 Å². The predicted molar refractivity (Wildman–Crippen MR) is 78.9 cm³/mol. The van der Waals surface area contributed by atoms with Crippen LogP contribution in [0.1, 0.15) is 0 Å². The van der Waals surface area contributed by atoms with Crippen LogP contribution in [-0.2, 0) is 0 Å².